The Bertz CT molecular complexity index is 583. The second-order valence-electron chi connectivity index (χ2n) is 5.48. The van der Waals surface area contributed by atoms with Gasteiger partial charge in [0.1, 0.15) is 5.69 Å². The maximum absolute atomic E-state index is 12.2. The molecule has 0 aromatic carbocycles. The Hall–Kier alpha value is -2.09. The summed E-state index contributed by atoms with van der Waals surface area (Å²) in [5, 5.41) is 13.3. The van der Waals surface area contributed by atoms with Gasteiger partial charge in [-0.05, 0) is 20.8 Å². The van der Waals surface area contributed by atoms with Gasteiger partial charge in [0.15, 0.2) is 18.5 Å². The van der Waals surface area contributed by atoms with Gasteiger partial charge < -0.3 is 19.5 Å². The normalized spacial score (nSPS) is 21.7. The molecule has 8 heteroatoms. The zero-order valence-electron chi connectivity index (χ0n) is 13.2. The van der Waals surface area contributed by atoms with Crippen molar-refractivity contribution >= 4 is 11.9 Å². The van der Waals surface area contributed by atoms with Gasteiger partial charge in [-0.2, -0.15) is 5.10 Å². The first-order valence-corrected chi connectivity index (χ1v) is 7.08. The van der Waals surface area contributed by atoms with Crippen molar-refractivity contribution in [3.05, 3.63) is 11.4 Å². The first kappa shape index (κ1) is 16.3. The minimum absolute atomic E-state index is 0.0346. The van der Waals surface area contributed by atoms with Crippen molar-refractivity contribution in [2.24, 2.45) is 7.05 Å². The smallest absolute Gasteiger partial charge is 0.334 e. The SMILES string of the molecule is Cc1nn(C)c(C)c1OCC(=O)N1CC(C(=O)O)O[C@H](C)C1. The number of aromatic nitrogens is 2. The molecule has 0 bridgehead atoms. The van der Waals surface area contributed by atoms with E-state index in [2.05, 4.69) is 5.10 Å². The highest BCUT2D eigenvalue weighted by Gasteiger charge is 2.32. The fourth-order valence-corrected chi connectivity index (χ4v) is 2.48. The molecule has 8 nitrogen and oxygen atoms in total. The van der Waals surface area contributed by atoms with Crippen LogP contribution in [0, 0.1) is 13.8 Å². The lowest BCUT2D eigenvalue weighted by atomic mass is 10.2. The number of amides is 1. The number of morpholine rings is 1. The molecule has 0 spiro atoms. The molecule has 22 heavy (non-hydrogen) atoms. The van der Waals surface area contributed by atoms with E-state index in [9.17, 15) is 9.59 Å². The summed E-state index contributed by atoms with van der Waals surface area (Å²) in [6.45, 7) is 5.66. The quantitative estimate of drug-likeness (QED) is 0.848. The lowest BCUT2D eigenvalue weighted by Crippen LogP contribution is -2.52. The maximum Gasteiger partial charge on any atom is 0.334 e. The van der Waals surface area contributed by atoms with Crippen molar-refractivity contribution < 1.29 is 24.2 Å². The Labute approximate surface area is 128 Å². The van der Waals surface area contributed by atoms with E-state index in [-0.39, 0.29) is 25.2 Å². The summed E-state index contributed by atoms with van der Waals surface area (Å²) in [6, 6.07) is 0. The molecule has 0 aliphatic carbocycles. The summed E-state index contributed by atoms with van der Waals surface area (Å²) < 4.78 is 12.5. The third-order valence-electron chi connectivity index (χ3n) is 3.67. The molecule has 2 rings (SSSR count). The van der Waals surface area contributed by atoms with Crippen molar-refractivity contribution in [2.45, 2.75) is 33.0 Å². The van der Waals surface area contributed by atoms with Crippen LogP contribution in [0.2, 0.25) is 0 Å². The van der Waals surface area contributed by atoms with Crippen molar-refractivity contribution in [1.82, 2.24) is 14.7 Å². The number of hydrogen-bond donors (Lipinski definition) is 1. The van der Waals surface area contributed by atoms with Gasteiger partial charge in [0.05, 0.1) is 18.3 Å². The number of carbonyl (C=O) groups excluding carboxylic acids is 1. The molecule has 0 radical (unpaired) electrons. The lowest BCUT2D eigenvalue weighted by molar-refractivity contribution is -0.167. The van der Waals surface area contributed by atoms with Gasteiger partial charge in [0.2, 0.25) is 0 Å². The molecule has 1 unspecified atom stereocenters. The van der Waals surface area contributed by atoms with E-state index in [4.69, 9.17) is 14.6 Å². The van der Waals surface area contributed by atoms with Crippen LogP contribution in [0.3, 0.4) is 0 Å². The van der Waals surface area contributed by atoms with Crippen molar-refractivity contribution in [3.63, 3.8) is 0 Å². The highest BCUT2D eigenvalue weighted by Crippen LogP contribution is 2.21. The summed E-state index contributed by atoms with van der Waals surface area (Å²) in [6.07, 6.45) is -1.31. The van der Waals surface area contributed by atoms with Gasteiger partial charge in [-0.15, -0.1) is 0 Å². The third kappa shape index (κ3) is 3.38. The van der Waals surface area contributed by atoms with Crippen molar-refractivity contribution in [3.8, 4) is 5.75 Å². The summed E-state index contributed by atoms with van der Waals surface area (Å²) in [4.78, 5) is 24.7. The Balaban J connectivity index is 1.98. The number of carbonyl (C=O) groups is 2. The Morgan fingerprint density at radius 2 is 2.09 bits per heavy atom. The molecule has 2 atom stereocenters. The molecule has 1 aliphatic rings. The van der Waals surface area contributed by atoms with Crippen LogP contribution in [-0.2, 0) is 21.4 Å². The average Bonchev–Trinajstić information content (AvgIpc) is 2.69. The summed E-state index contributed by atoms with van der Waals surface area (Å²) in [7, 11) is 1.80. The molecule has 1 aliphatic heterocycles. The standard InChI is InChI=1S/C14H21N3O5/c1-8-5-17(6-11(22-8)14(19)20)12(18)7-21-13-9(2)15-16(4)10(13)3/h8,11H,5-7H2,1-4H3,(H,19,20)/t8-,11?/m1/s1. The van der Waals surface area contributed by atoms with Gasteiger partial charge in [-0.3, -0.25) is 9.48 Å². The number of aliphatic carboxylic acids is 1. The van der Waals surface area contributed by atoms with Crippen LogP contribution in [-0.4, -0.2) is 63.6 Å². The van der Waals surface area contributed by atoms with Crippen LogP contribution < -0.4 is 4.74 Å². The number of ether oxygens (including phenoxy) is 2. The van der Waals surface area contributed by atoms with Crippen LogP contribution in [0.5, 0.6) is 5.75 Å². The summed E-state index contributed by atoms with van der Waals surface area (Å²) >= 11 is 0. The van der Waals surface area contributed by atoms with E-state index in [1.165, 1.54) is 4.90 Å². The molecule has 1 fully saturated rings. The van der Waals surface area contributed by atoms with Crippen LogP contribution in [0.4, 0.5) is 0 Å². The van der Waals surface area contributed by atoms with E-state index in [1.807, 2.05) is 13.8 Å². The molecule has 0 saturated carbocycles. The Morgan fingerprint density at radius 3 is 2.64 bits per heavy atom. The minimum Gasteiger partial charge on any atom is -0.480 e. The third-order valence-corrected chi connectivity index (χ3v) is 3.67. The first-order chi connectivity index (χ1) is 10.3. The van der Waals surface area contributed by atoms with Gasteiger partial charge in [0, 0.05) is 13.6 Å². The van der Waals surface area contributed by atoms with Crippen LogP contribution >= 0.6 is 0 Å². The topological polar surface area (TPSA) is 93.9 Å². The van der Waals surface area contributed by atoms with Crippen LogP contribution in [0.15, 0.2) is 0 Å². The van der Waals surface area contributed by atoms with E-state index in [0.29, 0.717) is 18.0 Å². The first-order valence-electron chi connectivity index (χ1n) is 7.08. The Morgan fingerprint density at radius 1 is 1.41 bits per heavy atom. The minimum atomic E-state index is -1.07. The largest absolute Gasteiger partial charge is 0.480 e. The predicted molar refractivity (Wildman–Crippen MR) is 76.7 cm³/mol. The summed E-state index contributed by atoms with van der Waals surface area (Å²) in [5.74, 6) is -0.736. The number of hydrogen-bond acceptors (Lipinski definition) is 5. The van der Waals surface area contributed by atoms with Gasteiger partial charge in [-0.25, -0.2) is 4.79 Å². The number of rotatable bonds is 4. The molecule has 1 N–H and O–H groups in total. The number of carboxylic acids is 1. The van der Waals surface area contributed by atoms with E-state index in [1.54, 1.807) is 18.7 Å². The molecule has 1 aromatic heterocycles. The molecular formula is C14H21N3O5. The van der Waals surface area contributed by atoms with Gasteiger partial charge in [-0.1, -0.05) is 0 Å². The second kappa shape index (κ2) is 6.35. The molecule has 1 amide bonds. The molecular weight excluding hydrogens is 290 g/mol. The zero-order valence-corrected chi connectivity index (χ0v) is 13.2. The number of nitrogens with zero attached hydrogens (tertiary/aromatic N) is 3. The van der Waals surface area contributed by atoms with E-state index >= 15 is 0 Å². The van der Waals surface area contributed by atoms with Crippen molar-refractivity contribution in [1.29, 1.82) is 0 Å². The fraction of sp³-hybridized carbons (Fsp3) is 0.643. The number of aryl methyl sites for hydroxylation is 2. The monoisotopic (exact) mass is 311 g/mol. The maximum atomic E-state index is 12.2. The average molecular weight is 311 g/mol. The molecule has 2 heterocycles. The number of carboxylic acid groups (broad SMARTS) is 1. The molecule has 1 aromatic rings. The van der Waals surface area contributed by atoms with Crippen LogP contribution in [0.1, 0.15) is 18.3 Å². The molecule has 1 saturated heterocycles. The summed E-state index contributed by atoms with van der Waals surface area (Å²) in [5.41, 5.74) is 1.55. The highest BCUT2D eigenvalue weighted by molar-refractivity contribution is 5.80. The van der Waals surface area contributed by atoms with E-state index in [0.717, 1.165) is 5.69 Å². The highest BCUT2D eigenvalue weighted by atomic mass is 16.5. The van der Waals surface area contributed by atoms with Gasteiger partial charge in [0.25, 0.3) is 5.91 Å². The lowest BCUT2D eigenvalue weighted by Gasteiger charge is -2.34. The fourth-order valence-electron chi connectivity index (χ4n) is 2.48. The second-order valence-corrected chi connectivity index (χ2v) is 5.48. The van der Waals surface area contributed by atoms with E-state index < -0.39 is 12.1 Å². The van der Waals surface area contributed by atoms with Crippen molar-refractivity contribution in [2.75, 3.05) is 19.7 Å². The predicted octanol–water partition coefficient (Wildman–Crippen LogP) is 0.116. The molecule has 122 valence electrons. The van der Waals surface area contributed by atoms with Gasteiger partial charge >= 0.3 is 5.97 Å². The van der Waals surface area contributed by atoms with Crippen LogP contribution in [0.25, 0.3) is 0 Å². The Kier molecular flexibility index (Phi) is 4.70. The zero-order chi connectivity index (χ0) is 16.4.